The Morgan fingerprint density at radius 1 is 1.55 bits per heavy atom. The van der Waals surface area contributed by atoms with Gasteiger partial charge in [-0.2, -0.15) is 0 Å². The molecule has 0 unspecified atom stereocenters. The molecule has 0 spiro atoms. The fourth-order valence-electron chi connectivity index (χ4n) is 0.672. The third-order valence-corrected chi connectivity index (χ3v) is 1.12. The number of nitrogens with zero attached hydrogens (tertiary/aromatic N) is 1. The van der Waals surface area contributed by atoms with E-state index in [9.17, 15) is 4.79 Å². The average Bonchev–Trinajstić information content (AvgIpc) is 1.88. The number of carboxylic acid groups (broad SMARTS) is 1. The molecule has 0 radical (unpaired) electrons. The molecule has 11 heavy (non-hydrogen) atoms. The molecular weight excluding hydrogens is 153 g/mol. The molecule has 1 rings (SSSR count). The summed E-state index contributed by atoms with van der Waals surface area (Å²) in [5.74, 6) is -0.934. The summed E-state index contributed by atoms with van der Waals surface area (Å²) in [6, 6.07) is 1.58. The van der Waals surface area contributed by atoms with Gasteiger partial charge in [0, 0.05) is 12.4 Å². The quantitative estimate of drug-likeness (QED) is 0.608. The van der Waals surface area contributed by atoms with Crippen LogP contribution in [0.1, 0.15) is 15.9 Å². The number of aromatic carboxylic acids is 1. The zero-order chi connectivity index (χ0) is 7.56. The Morgan fingerprint density at radius 3 is 2.55 bits per heavy atom. The number of hydrogen-bond acceptors (Lipinski definition) is 2. The molecule has 0 aromatic carbocycles. The van der Waals surface area contributed by atoms with Gasteiger partial charge in [-0.15, -0.1) is 0 Å². The second kappa shape index (κ2) is 4.49. The maximum absolute atomic E-state index is 10.3. The Labute approximate surface area is 86.8 Å². The molecule has 0 atom stereocenters. The fourth-order valence-corrected chi connectivity index (χ4v) is 0.672. The predicted molar refractivity (Wildman–Crippen MR) is 43.1 cm³/mol. The molecular formula is C7H8NNaO2. The summed E-state index contributed by atoms with van der Waals surface area (Å²) in [7, 11) is 0. The zero-order valence-electron chi connectivity index (χ0n) is 5.53. The molecule has 4 heteroatoms. The van der Waals surface area contributed by atoms with Gasteiger partial charge in [0.1, 0.15) is 0 Å². The molecule has 0 saturated carbocycles. The normalized spacial score (nSPS) is 8.45. The van der Waals surface area contributed by atoms with Crippen molar-refractivity contribution in [2.24, 2.45) is 0 Å². The molecule has 3 nitrogen and oxygen atoms in total. The van der Waals surface area contributed by atoms with Crippen molar-refractivity contribution >= 4 is 35.5 Å². The SMILES string of the molecule is Cc1cncc(C(=O)O)c1.[NaH]. The number of carboxylic acids is 1. The number of aryl methyl sites for hydroxylation is 1. The maximum atomic E-state index is 10.3. The van der Waals surface area contributed by atoms with Gasteiger partial charge in [-0.1, -0.05) is 0 Å². The van der Waals surface area contributed by atoms with Gasteiger partial charge < -0.3 is 5.11 Å². The second-order valence-electron chi connectivity index (χ2n) is 2.06. The molecule has 54 valence electrons. The molecule has 0 fully saturated rings. The van der Waals surface area contributed by atoms with Gasteiger partial charge in [-0.25, -0.2) is 4.79 Å². The fraction of sp³-hybridized carbons (Fsp3) is 0.143. The number of rotatable bonds is 1. The minimum atomic E-state index is -0.934. The Balaban J connectivity index is 0.000001000. The molecule has 1 N–H and O–H groups in total. The van der Waals surface area contributed by atoms with E-state index in [1.807, 2.05) is 0 Å². The van der Waals surface area contributed by atoms with Gasteiger partial charge >= 0.3 is 35.5 Å². The Morgan fingerprint density at radius 2 is 2.18 bits per heavy atom. The van der Waals surface area contributed by atoms with E-state index in [4.69, 9.17) is 5.11 Å². The molecule has 0 aliphatic heterocycles. The van der Waals surface area contributed by atoms with Gasteiger partial charge in [0.05, 0.1) is 5.56 Å². The van der Waals surface area contributed by atoms with Crippen molar-refractivity contribution in [3.63, 3.8) is 0 Å². The van der Waals surface area contributed by atoms with Crippen LogP contribution in [0.2, 0.25) is 0 Å². The topological polar surface area (TPSA) is 50.2 Å². The van der Waals surface area contributed by atoms with Crippen LogP contribution in [0.3, 0.4) is 0 Å². The minimum absolute atomic E-state index is 0. The Kier molecular flexibility index (Phi) is 4.33. The van der Waals surface area contributed by atoms with Gasteiger partial charge in [-0.05, 0) is 18.6 Å². The van der Waals surface area contributed by atoms with Crippen molar-refractivity contribution in [1.29, 1.82) is 0 Å². The van der Waals surface area contributed by atoms with E-state index in [0.29, 0.717) is 0 Å². The summed E-state index contributed by atoms with van der Waals surface area (Å²) < 4.78 is 0. The van der Waals surface area contributed by atoms with Crippen LogP contribution in [0.15, 0.2) is 18.5 Å². The van der Waals surface area contributed by atoms with Crippen molar-refractivity contribution in [1.82, 2.24) is 4.98 Å². The first-order chi connectivity index (χ1) is 4.70. The monoisotopic (exact) mass is 161 g/mol. The van der Waals surface area contributed by atoms with Crippen LogP contribution in [-0.2, 0) is 0 Å². The van der Waals surface area contributed by atoms with E-state index < -0.39 is 5.97 Å². The van der Waals surface area contributed by atoms with Crippen molar-refractivity contribution in [3.05, 3.63) is 29.6 Å². The number of aromatic nitrogens is 1. The molecule has 1 aromatic rings. The molecule has 1 aromatic heterocycles. The summed E-state index contributed by atoms with van der Waals surface area (Å²) in [6.45, 7) is 1.80. The predicted octanol–water partition coefficient (Wildman–Crippen LogP) is 0.440. The van der Waals surface area contributed by atoms with Crippen LogP contribution < -0.4 is 0 Å². The first kappa shape index (κ1) is 10.6. The van der Waals surface area contributed by atoms with Crippen molar-refractivity contribution in [2.45, 2.75) is 6.92 Å². The summed E-state index contributed by atoms with van der Waals surface area (Å²) in [4.78, 5) is 14.0. The number of hydrogen-bond donors (Lipinski definition) is 1. The Bertz CT molecular complexity index is 262. The number of carbonyl (C=O) groups is 1. The van der Waals surface area contributed by atoms with Gasteiger partial charge in [-0.3, -0.25) is 4.98 Å². The first-order valence-electron chi connectivity index (χ1n) is 2.85. The third-order valence-electron chi connectivity index (χ3n) is 1.12. The van der Waals surface area contributed by atoms with Crippen molar-refractivity contribution in [3.8, 4) is 0 Å². The second-order valence-corrected chi connectivity index (χ2v) is 2.06. The molecule has 1 heterocycles. The van der Waals surface area contributed by atoms with E-state index in [1.165, 1.54) is 6.20 Å². The van der Waals surface area contributed by atoms with Crippen LogP contribution in [0, 0.1) is 6.92 Å². The van der Waals surface area contributed by atoms with E-state index in [2.05, 4.69) is 4.98 Å². The average molecular weight is 161 g/mol. The summed E-state index contributed by atoms with van der Waals surface area (Å²) in [5.41, 5.74) is 1.10. The van der Waals surface area contributed by atoms with E-state index in [1.54, 1.807) is 19.2 Å². The summed E-state index contributed by atoms with van der Waals surface area (Å²) >= 11 is 0. The van der Waals surface area contributed by atoms with Crippen LogP contribution in [-0.4, -0.2) is 45.6 Å². The van der Waals surface area contributed by atoms with E-state index in [-0.39, 0.29) is 35.1 Å². The van der Waals surface area contributed by atoms with Gasteiger partial charge in [0.25, 0.3) is 0 Å². The van der Waals surface area contributed by atoms with E-state index >= 15 is 0 Å². The van der Waals surface area contributed by atoms with Crippen LogP contribution in [0.5, 0.6) is 0 Å². The summed E-state index contributed by atoms with van der Waals surface area (Å²) in [5, 5.41) is 8.47. The van der Waals surface area contributed by atoms with E-state index in [0.717, 1.165) is 5.56 Å². The van der Waals surface area contributed by atoms with Crippen LogP contribution in [0.25, 0.3) is 0 Å². The first-order valence-corrected chi connectivity index (χ1v) is 2.85. The molecule has 0 saturated heterocycles. The standard InChI is InChI=1S/C7H7NO2.Na.H/c1-5-2-6(7(9)10)4-8-3-5;;/h2-4H,1H3,(H,9,10);;. The zero-order valence-corrected chi connectivity index (χ0v) is 5.53. The third kappa shape index (κ3) is 3.01. The van der Waals surface area contributed by atoms with Crippen molar-refractivity contribution in [2.75, 3.05) is 0 Å². The van der Waals surface area contributed by atoms with Crippen LogP contribution >= 0.6 is 0 Å². The molecule has 0 bridgehead atoms. The summed E-state index contributed by atoms with van der Waals surface area (Å²) in [6.07, 6.45) is 2.95. The molecule has 0 aliphatic carbocycles. The Hall–Kier alpha value is -0.380. The molecule has 0 aliphatic rings. The van der Waals surface area contributed by atoms with Crippen molar-refractivity contribution < 1.29 is 9.90 Å². The van der Waals surface area contributed by atoms with Gasteiger partial charge in [0.15, 0.2) is 0 Å². The molecule has 0 amide bonds. The number of pyridine rings is 1. The van der Waals surface area contributed by atoms with Crippen LogP contribution in [0.4, 0.5) is 0 Å². The van der Waals surface area contributed by atoms with Gasteiger partial charge in [0.2, 0.25) is 0 Å².